The molecule has 0 saturated heterocycles. The first-order chi connectivity index (χ1) is 14.8. The molecule has 32 heavy (non-hydrogen) atoms. The van der Waals surface area contributed by atoms with Gasteiger partial charge in [0.05, 0.1) is 6.10 Å². The molecule has 2 unspecified atom stereocenters. The van der Waals surface area contributed by atoms with E-state index in [4.69, 9.17) is 0 Å². The van der Waals surface area contributed by atoms with Crippen molar-refractivity contribution in [3.8, 4) is 0 Å². The summed E-state index contributed by atoms with van der Waals surface area (Å²) in [7, 11) is 0. The number of aldehydes is 1. The molecule has 0 aromatic heterocycles. The molecule has 0 aromatic carbocycles. The predicted molar refractivity (Wildman–Crippen MR) is 131 cm³/mol. The van der Waals surface area contributed by atoms with E-state index in [9.17, 15) is 9.90 Å². The van der Waals surface area contributed by atoms with Crippen LogP contribution in [0.4, 0.5) is 0 Å². The summed E-state index contributed by atoms with van der Waals surface area (Å²) in [5, 5.41) is 10.9. The molecule has 5 aliphatic rings. The summed E-state index contributed by atoms with van der Waals surface area (Å²) >= 11 is 0. The van der Waals surface area contributed by atoms with Gasteiger partial charge in [-0.25, -0.2) is 0 Å². The van der Waals surface area contributed by atoms with Crippen LogP contribution in [0.1, 0.15) is 106 Å². The van der Waals surface area contributed by atoms with E-state index in [0.717, 1.165) is 36.5 Å². The number of fused-ring (bicyclic) bond motifs is 7. The maximum atomic E-state index is 11.9. The van der Waals surface area contributed by atoms with Crippen LogP contribution in [-0.4, -0.2) is 17.5 Å². The van der Waals surface area contributed by atoms with Crippen molar-refractivity contribution in [3.63, 3.8) is 0 Å². The lowest BCUT2D eigenvalue weighted by Gasteiger charge is -2.73. The average molecular weight is 441 g/mol. The van der Waals surface area contributed by atoms with E-state index in [1.54, 1.807) is 0 Å². The molecule has 0 aliphatic heterocycles. The van der Waals surface area contributed by atoms with E-state index in [-0.39, 0.29) is 11.5 Å². The lowest BCUT2D eigenvalue weighted by atomic mass is 9.31. The first kappa shape index (κ1) is 23.1. The highest BCUT2D eigenvalue weighted by Gasteiger charge is 2.69. The second-order valence-corrected chi connectivity index (χ2v) is 14.5. The molecule has 5 rings (SSSR count). The van der Waals surface area contributed by atoms with Gasteiger partial charge in [0.15, 0.2) is 0 Å². The lowest BCUT2D eigenvalue weighted by molar-refractivity contribution is -0.250. The van der Waals surface area contributed by atoms with Crippen LogP contribution in [0.3, 0.4) is 0 Å². The van der Waals surface area contributed by atoms with Crippen molar-refractivity contribution in [2.24, 2.45) is 56.7 Å². The van der Waals surface area contributed by atoms with Gasteiger partial charge < -0.3 is 5.11 Å². The van der Waals surface area contributed by atoms with Crippen molar-refractivity contribution in [2.75, 3.05) is 0 Å². The molecule has 0 amide bonds. The summed E-state index contributed by atoms with van der Waals surface area (Å²) in [5.41, 5.74) is 2.52. The molecule has 0 spiro atoms. The third-order valence-corrected chi connectivity index (χ3v) is 13.4. The van der Waals surface area contributed by atoms with Crippen molar-refractivity contribution >= 4 is 6.29 Å². The number of aliphatic hydroxyl groups excluding tert-OH is 1. The number of hydrogen-bond donors (Lipinski definition) is 1. The molecule has 2 heteroatoms. The summed E-state index contributed by atoms with van der Waals surface area (Å²) < 4.78 is 0. The maximum Gasteiger partial charge on any atom is 0.145 e. The molecule has 0 radical (unpaired) electrons. The molecule has 1 N–H and O–H groups in total. The third-order valence-electron chi connectivity index (χ3n) is 13.4. The van der Waals surface area contributed by atoms with Crippen LogP contribution in [0.2, 0.25) is 0 Å². The van der Waals surface area contributed by atoms with Crippen molar-refractivity contribution < 1.29 is 9.90 Å². The number of hydrogen-bond acceptors (Lipinski definition) is 2. The SMILES string of the molecule is CC1C(C=O)=CC[C@]2(C)CC[C@]3(C)[C@H](CC[C@H]4[C@@]5(C)CCC(O)C(C)(C)[C@H]5CC[C@]43C)[C@H]12. The largest absolute Gasteiger partial charge is 0.393 e. The van der Waals surface area contributed by atoms with Crippen molar-refractivity contribution in [3.05, 3.63) is 11.6 Å². The van der Waals surface area contributed by atoms with Gasteiger partial charge in [0, 0.05) is 0 Å². The van der Waals surface area contributed by atoms with Crippen LogP contribution in [0.5, 0.6) is 0 Å². The van der Waals surface area contributed by atoms with Gasteiger partial charge in [-0.1, -0.05) is 54.5 Å². The highest BCUT2D eigenvalue weighted by Crippen LogP contribution is 2.76. The van der Waals surface area contributed by atoms with Gasteiger partial charge in [-0.15, -0.1) is 0 Å². The van der Waals surface area contributed by atoms with E-state index >= 15 is 0 Å². The second-order valence-electron chi connectivity index (χ2n) is 14.5. The van der Waals surface area contributed by atoms with Crippen LogP contribution in [0.15, 0.2) is 11.6 Å². The number of rotatable bonds is 1. The minimum absolute atomic E-state index is 0.0265. The van der Waals surface area contributed by atoms with Crippen LogP contribution >= 0.6 is 0 Å². The fraction of sp³-hybridized carbons (Fsp3) is 0.900. The fourth-order valence-corrected chi connectivity index (χ4v) is 11.3. The first-order valence-electron chi connectivity index (χ1n) is 13.7. The number of carbonyl (C=O) groups is 1. The van der Waals surface area contributed by atoms with E-state index in [1.807, 2.05) is 0 Å². The zero-order valence-electron chi connectivity index (χ0n) is 21.8. The Labute approximate surface area is 197 Å². The van der Waals surface area contributed by atoms with Gasteiger partial charge >= 0.3 is 0 Å². The molecule has 2 nitrogen and oxygen atoms in total. The maximum absolute atomic E-state index is 11.9. The Morgan fingerprint density at radius 2 is 1.59 bits per heavy atom. The van der Waals surface area contributed by atoms with Gasteiger partial charge in [0.1, 0.15) is 6.29 Å². The minimum atomic E-state index is -0.149. The molecule has 180 valence electrons. The summed E-state index contributed by atoms with van der Waals surface area (Å²) in [6.45, 7) is 17.5. The topological polar surface area (TPSA) is 37.3 Å². The molecule has 0 heterocycles. The Bertz CT molecular complexity index is 827. The van der Waals surface area contributed by atoms with Crippen LogP contribution in [0, 0.1) is 56.7 Å². The fourth-order valence-electron chi connectivity index (χ4n) is 11.3. The molecule has 4 fully saturated rings. The van der Waals surface area contributed by atoms with Gasteiger partial charge in [-0.3, -0.25) is 4.79 Å². The van der Waals surface area contributed by atoms with E-state index in [0.29, 0.717) is 39.4 Å². The van der Waals surface area contributed by atoms with Crippen molar-refractivity contribution in [2.45, 2.75) is 112 Å². The molecule has 10 atom stereocenters. The summed E-state index contributed by atoms with van der Waals surface area (Å²) in [6.07, 6.45) is 14.5. The zero-order chi connectivity index (χ0) is 23.3. The first-order valence-corrected chi connectivity index (χ1v) is 13.7. The van der Waals surface area contributed by atoms with Gasteiger partial charge in [0.25, 0.3) is 0 Å². The van der Waals surface area contributed by atoms with Crippen LogP contribution in [0.25, 0.3) is 0 Å². The third kappa shape index (κ3) is 2.65. The predicted octanol–water partition coefficient (Wildman–Crippen LogP) is 7.20. The number of allylic oxidation sites excluding steroid dienone is 2. The Morgan fingerprint density at radius 3 is 2.28 bits per heavy atom. The second kappa shape index (κ2) is 6.96. The normalized spacial score (nSPS) is 56.7. The van der Waals surface area contributed by atoms with Crippen molar-refractivity contribution in [1.29, 1.82) is 0 Å². The standard InChI is InChI=1S/C30H48O2/c1-19-20(18-31)10-13-27(4)16-17-29(6)21(25(19)27)8-9-23-28(5)14-12-24(32)26(2,3)22(28)11-15-30(23,29)7/h10,18-19,21-25,32H,8-9,11-17H2,1-7H3/t19?,21-,22-,23+,24?,25+,27-,28+,29-,30-/m1/s1. The molecular formula is C30H48O2. The highest BCUT2D eigenvalue weighted by atomic mass is 16.3. The van der Waals surface area contributed by atoms with E-state index < -0.39 is 0 Å². The average Bonchev–Trinajstić information content (AvgIpc) is 2.72. The summed E-state index contributed by atoms with van der Waals surface area (Å²) in [4.78, 5) is 11.9. The quantitative estimate of drug-likeness (QED) is 0.438. The van der Waals surface area contributed by atoms with Crippen LogP contribution < -0.4 is 0 Å². The van der Waals surface area contributed by atoms with Gasteiger partial charge in [0.2, 0.25) is 0 Å². The number of carbonyl (C=O) groups excluding carboxylic acids is 1. The lowest BCUT2D eigenvalue weighted by Crippen LogP contribution is -2.67. The zero-order valence-corrected chi connectivity index (χ0v) is 21.8. The molecule has 5 aliphatic carbocycles. The van der Waals surface area contributed by atoms with Crippen LogP contribution in [-0.2, 0) is 4.79 Å². The summed E-state index contributed by atoms with van der Waals surface area (Å²) in [5.74, 6) is 3.14. The summed E-state index contributed by atoms with van der Waals surface area (Å²) in [6, 6.07) is 0. The van der Waals surface area contributed by atoms with E-state index in [2.05, 4.69) is 54.5 Å². The molecule has 4 saturated carbocycles. The monoisotopic (exact) mass is 440 g/mol. The Balaban J connectivity index is 1.55. The number of aliphatic hydroxyl groups is 1. The smallest absolute Gasteiger partial charge is 0.145 e. The Morgan fingerprint density at radius 1 is 0.875 bits per heavy atom. The Kier molecular flexibility index (Phi) is 5.03. The molecule has 0 aromatic rings. The Hall–Kier alpha value is -0.630. The molecular weight excluding hydrogens is 392 g/mol. The van der Waals surface area contributed by atoms with E-state index in [1.165, 1.54) is 44.9 Å². The van der Waals surface area contributed by atoms with Gasteiger partial charge in [-0.2, -0.15) is 0 Å². The van der Waals surface area contributed by atoms with Crippen molar-refractivity contribution in [1.82, 2.24) is 0 Å². The minimum Gasteiger partial charge on any atom is -0.393 e. The highest BCUT2D eigenvalue weighted by molar-refractivity contribution is 5.74. The molecule has 0 bridgehead atoms. The van der Waals surface area contributed by atoms with Gasteiger partial charge in [-0.05, 0) is 120 Å².